The first-order valence-corrected chi connectivity index (χ1v) is 9.19. The molecule has 160 valence electrons. The Morgan fingerprint density at radius 1 is 1.47 bits per heavy atom. The smallest absolute Gasteiger partial charge is 0.282 e. The molecule has 0 fully saturated rings. The number of carbonyl (C=O) groups excluding carboxylic acids is 1. The Morgan fingerprint density at radius 2 is 2.17 bits per heavy atom. The first-order chi connectivity index (χ1) is 14.2. The number of nitrogens with one attached hydrogen (secondary N) is 1. The molecule has 0 saturated heterocycles. The van der Waals surface area contributed by atoms with Gasteiger partial charge in [0.05, 0.1) is 35.0 Å². The van der Waals surface area contributed by atoms with Crippen molar-refractivity contribution in [2.24, 2.45) is 12.2 Å². The maximum Gasteiger partial charge on any atom is 0.282 e. The molecule has 0 bridgehead atoms. The number of methoxy groups -OCH3 is 1. The second kappa shape index (κ2) is 10.1. The lowest BCUT2D eigenvalue weighted by Gasteiger charge is -2.14. The molecule has 1 aromatic heterocycles. The van der Waals surface area contributed by atoms with E-state index in [0.29, 0.717) is 27.6 Å². The molecular weight excluding hydrogens is 418 g/mol. The average Bonchev–Trinajstić information content (AvgIpc) is 3.09. The predicted molar refractivity (Wildman–Crippen MR) is 109 cm³/mol. The van der Waals surface area contributed by atoms with Gasteiger partial charge in [0.25, 0.3) is 12.3 Å². The fraction of sp³-hybridized carbons (Fsp3) is 0.350. The van der Waals surface area contributed by atoms with Gasteiger partial charge in [0.2, 0.25) is 0 Å². The van der Waals surface area contributed by atoms with Crippen LogP contribution in [-0.2, 0) is 11.9 Å². The number of carbonyl (C=O) groups is 1. The highest BCUT2D eigenvalue weighted by molar-refractivity contribution is 6.34. The molecule has 10 heteroatoms. The molecule has 2 rings (SSSR count). The number of oxime groups is 1. The molecule has 1 aromatic carbocycles. The van der Waals surface area contributed by atoms with E-state index >= 15 is 0 Å². The van der Waals surface area contributed by atoms with Crippen molar-refractivity contribution in [2.75, 3.05) is 13.7 Å². The summed E-state index contributed by atoms with van der Waals surface area (Å²) >= 11 is 6.27. The van der Waals surface area contributed by atoms with E-state index < -0.39 is 24.1 Å². The summed E-state index contributed by atoms with van der Waals surface area (Å²) in [6.45, 7) is 3.32. The normalized spacial score (nSPS) is 12.4. The van der Waals surface area contributed by atoms with Crippen LogP contribution in [0.4, 0.5) is 8.78 Å². The summed E-state index contributed by atoms with van der Waals surface area (Å²) in [6, 6.07) is 2.74. The van der Waals surface area contributed by atoms with Gasteiger partial charge in [-0.2, -0.15) is 5.10 Å². The van der Waals surface area contributed by atoms with Gasteiger partial charge in [-0.3, -0.25) is 9.48 Å². The van der Waals surface area contributed by atoms with Crippen LogP contribution in [0.3, 0.4) is 0 Å². The van der Waals surface area contributed by atoms with E-state index in [1.54, 1.807) is 26.0 Å². The molecule has 0 aliphatic heterocycles. The van der Waals surface area contributed by atoms with Crippen molar-refractivity contribution in [1.29, 1.82) is 0 Å². The molecule has 1 heterocycles. The SMILES string of the molecule is C#Cc1cc(Cl)c(/C(C)=N/OCC(C)NC(=O)c2cn(C)nc2C(F)F)c(OC)c1. The number of hydrogen-bond acceptors (Lipinski definition) is 5. The molecule has 2 aromatic rings. The largest absolute Gasteiger partial charge is 0.496 e. The summed E-state index contributed by atoms with van der Waals surface area (Å²) in [4.78, 5) is 17.6. The molecule has 1 unspecified atom stereocenters. The number of ether oxygens (including phenoxy) is 1. The minimum absolute atomic E-state index is 0.00424. The number of alkyl halides is 2. The Labute approximate surface area is 178 Å². The van der Waals surface area contributed by atoms with Crippen molar-refractivity contribution in [3.05, 3.63) is 45.7 Å². The fourth-order valence-corrected chi connectivity index (χ4v) is 3.00. The van der Waals surface area contributed by atoms with Crippen LogP contribution in [-0.4, -0.2) is 41.2 Å². The number of terminal acetylenes is 1. The maximum atomic E-state index is 13.0. The number of rotatable bonds is 8. The van der Waals surface area contributed by atoms with Crippen LogP contribution in [0.5, 0.6) is 5.75 Å². The Bertz CT molecular complexity index is 999. The van der Waals surface area contributed by atoms with Gasteiger partial charge >= 0.3 is 0 Å². The third kappa shape index (κ3) is 5.48. The summed E-state index contributed by atoms with van der Waals surface area (Å²) in [7, 11) is 2.94. The van der Waals surface area contributed by atoms with Crippen LogP contribution >= 0.6 is 11.6 Å². The number of aromatic nitrogens is 2. The number of benzene rings is 1. The zero-order valence-corrected chi connectivity index (χ0v) is 17.6. The molecule has 0 radical (unpaired) electrons. The zero-order chi connectivity index (χ0) is 22.4. The first kappa shape index (κ1) is 23.2. The lowest BCUT2D eigenvalue weighted by atomic mass is 10.1. The Kier molecular flexibility index (Phi) is 7.78. The van der Waals surface area contributed by atoms with Crippen LogP contribution in [0.15, 0.2) is 23.5 Å². The number of aryl methyl sites for hydroxylation is 1. The van der Waals surface area contributed by atoms with Crippen molar-refractivity contribution >= 4 is 23.2 Å². The summed E-state index contributed by atoms with van der Waals surface area (Å²) < 4.78 is 32.5. The number of amides is 1. The second-order valence-corrected chi connectivity index (χ2v) is 6.84. The molecular formula is C20H21ClF2N4O3. The van der Waals surface area contributed by atoms with Crippen molar-refractivity contribution in [3.63, 3.8) is 0 Å². The molecule has 30 heavy (non-hydrogen) atoms. The zero-order valence-electron chi connectivity index (χ0n) is 16.9. The Morgan fingerprint density at radius 3 is 2.77 bits per heavy atom. The van der Waals surface area contributed by atoms with Gasteiger partial charge in [0.1, 0.15) is 18.1 Å². The molecule has 1 atom stereocenters. The Hall–Kier alpha value is -3.12. The highest BCUT2D eigenvalue weighted by Crippen LogP contribution is 2.29. The van der Waals surface area contributed by atoms with Gasteiger partial charge in [-0.05, 0) is 26.0 Å². The Balaban J connectivity index is 2.04. The number of halogens is 3. The molecule has 0 aliphatic rings. The third-order valence-corrected chi connectivity index (χ3v) is 4.31. The van der Waals surface area contributed by atoms with E-state index in [0.717, 1.165) is 4.68 Å². The molecule has 0 saturated carbocycles. The van der Waals surface area contributed by atoms with Gasteiger partial charge < -0.3 is 14.9 Å². The molecule has 0 aliphatic carbocycles. The van der Waals surface area contributed by atoms with Crippen molar-refractivity contribution in [1.82, 2.24) is 15.1 Å². The lowest BCUT2D eigenvalue weighted by molar-refractivity contribution is 0.0855. The van der Waals surface area contributed by atoms with Crippen molar-refractivity contribution in [2.45, 2.75) is 26.3 Å². The summed E-state index contributed by atoms with van der Waals surface area (Å²) in [5, 5.41) is 10.5. The van der Waals surface area contributed by atoms with Crippen LogP contribution in [0, 0.1) is 12.3 Å². The monoisotopic (exact) mass is 438 g/mol. The first-order valence-electron chi connectivity index (χ1n) is 8.81. The van der Waals surface area contributed by atoms with Crippen LogP contribution in [0.2, 0.25) is 5.02 Å². The van der Waals surface area contributed by atoms with Crippen molar-refractivity contribution in [3.8, 4) is 18.1 Å². The van der Waals surface area contributed by atoms with Gasteiger partial charge in [0.15, 0.2) is 0 Å². The number of hydrogen-bond donors (Lipinski definition) is 1. The van der Waals surface area contributed by atoms with Crippen molar-refractivity contribution < 1.29 is 23.1 Å². The summed E-state index contributed by atoms with van der Waals surface area (Å²) in [5.74, 6) is 2.25. The molecule has 1 amide bonds. The van der Waals surface area contributed by atoms with E-state index in [1.807, 2.05) is 0 Å². The van der Waals surface area contributed by atoms with Crippen LogP contribution < -0.4 is 10.1 Å². The summed E-state index contributed by atoms with van der Waals surface area (Å²) in [5.41, 5.74) is 0.750. The van der Waals surface area contributed by atoms with Gasteiger partial charge in [0, 0.05) is 18.8 Å². The van der Waals surface area contributed by atoms with Crippen LogP contribution in [0.25, 0.3) is 0 Å². The standard InChI is InChI=1S/C20H21ClF2N4O3/c1-6-13-7-15(21)17(16(8-13)29-5)12(3)26-30-10-11(2)24-20(28)14-9-27(4)25-18(14)19(22)23/h1,7-9,11,19H,10H2,2-5H3,(H,24,28)/b26-12+. The average molecular weight is 439 g/mol. The minimum Gasteiger partial charge on any atom is -0.496 e. The maximum absolute atomic E-state index is 13.0. The van der Waals surface area contributed by atoms with E-state index in [9.17, 15) is 13.6 Å². The van der Waals surface area contributed by atoms with E-state index in [2.05, 4.69) is 21.5 Å². The van der Waals surface area contributed by atoms with E-state index in [-0.39, 0.29) is 12.2 Å². The van der Waals surface area contributed by atoms with E-state index in [1.165, 1.54) is 20.4 Å². The van der Waals surface area contributed by atoms with E-state index in [4.69, 9.17) is 27.6 Å². The molecule has 1 N–H and O–H groups in total. The molecule has 7 nitrogen and oxygen atoms in total. The topological polar surface area (TPSA) is 77.7 Å². The summed E-state index contributed by atoms with van der Waals surface area (Å²) in [6.07, 6.45) is 3.77. The second-order valence-electron chi connectivity index (χ2n) is 6.43. The number of nitrogens with zero attached hydrogens (tertiary/aromatic N) is 3. The van der Waals surface area contributed by atoms with Gasteiger partial charge in [-0.1, -0.05) is 22.7 Å². The third-order valence-electron chi connectivity index (χ3n) is 4.01. The van der Waals surface area contributed by atoms with Crippen LogP contribution in [0.1, 0.15) is 47.5 Å². The van der Waals surface area contributed by atoms with Gasteiger partial charge in [-0.15, -0.1) is 6.42 Å². The highest BCUT2D eigenvalue weighted by atomic mass is 35.5. The fourth-order valence-electron chi connectivity index (χ4n) is 2.65. The predicted octanol–water partition coefficient (Wildman–Crippen LogP) is 3.56. The van der Waals surface area contributed by atoms with Gasteiger partial charge in [-0.25, -0.2) is 8.78 Å². The highest BCUT2D eigenvalue weighted by Gasteiger charge is 2.23. The minimum atomic E-state index is -2.86. The lowest BCUT2D eigenvalue weighted by Crippen LogP contribution is -2.35. The quantitative estimate of drug-likeness (QED) is 0.388. The molecule has 0 spiro atoms.